The zero-order chi connectivity index (χ0) is 22.3. The number of anilines is 1. The molecule has 1 unspecified atom stereocenters. The van der Waals surface area contributed by atoms with Gasteiger partial charge < -0.3 is 15.0 Å². The Kier molecular flexibility index (Phi) is 7.52. The molecule has 8 heteroatoms. The molecule has 4 rings (SSSR count). The van der Waals surface area contributed by atoms with Crippen LogP contribution in [0.15, 0.2) is 35.1 Å². The van der Waals surface area contributed by atoms with E-state index >= 15 is 0 Å². The van der Waals surface area contributed by atoms with Crippen LogP contribution in [-0.4, -0.2) is 42.2 Å². The van der Waals surface area contributed by atoms with Gasteiger partial charge in [-0.3, -0.25) is 14.6 Å². The molecule has 1 aromatic carbocycles. The molecular formula is C24H31FN4O3. The van der Waals surface area contributed by atoms with Gasteiger partial charge in [0.15, 0.2) is 0 Å². The van der Waals surface area contributed by atoms with E-state index in [9.17, 15) is 14.0 Å². The Morgan fingerprint density at radius 1 is 1.19 bits per heavy atom. The number of aromatic amines is 1. The van der Waals surface area contributed by atoms with Crippen molar-refractivity contribution in [1.82, 2.24) is 15.3 Å². The van der Waals surface area contributed by atoms with Crippen LogP contribution in [-0.2, 0) is 16.0 Å². The Balaban J connectivity index is 1.52. The van der Waals surface area contributed by atoms with E-state index in [4.69, 9.17) is 4.74 Å². The van der Waals surface area contributed by atoms with Crippen molar-refractivity contribution in [1.29, 1.82) is 0 Å². The van der Waals surface area contributed by atoms with Crippen LogP contribution in [0.4, 0.5) is 10.3 Å². The van der Waals surface area contributed by atoms with Crippen molar-refractivity contribution in [2.45, 2.75) is 51.0 Å². The van der Waals surface area contributed by atoms with Crippen molar-refractivity contribution < 1.29 is 13.9 Å². The summed E-state index contributed by atoms with van der Waals surface area (Å²) >= 11 is 0. The smallest absolute Gasteiger partial charge is 0.252 e. The number of morpholine rings is 1. The zero-order valence-electron chi connectivity index (χ0n) is 18.3. The Morgan fingerprint density at radius 3 is 2.62 bits per heavy atom. The van der Waals surface area contributed by atoms with Gasteiger partial charge in [-0.25, -0.2) is 9.37 Å². The molecule has 2 fully saturated rings. The van der Waals surface area contributed by atoms with Crippen LogP contribution in [0.1, 0.15) is 55.8 Å². The topological polar surface area (TPSA) is 87.3 Å². The third-order valence-corrected chi connectivity index (χ3v) is 6.31. The first kappa shape index (κ1) is 22.5. The maximum atomic E-state index is 13.5. The van der Waals surface area contributed by atoms with Gasteiger partial charge in [0.2, 0.25) is 11.9 Å². The fourth-order valence-electron chi connectivity index (χ4n) is 4.59. The molecule has 2 N–H and O–H groups in total. The summed E-state index contributed by atoms with van der Waals surface area (Å²) < 4.78 is 18.9. The summed E-state index contributed by atoms with van der Waals surface area (Å²) in [5.74, 6) is 0.597. The summed E-state index contributed by atoms with van der Waals surface area (Å²) in [4.78, 5) is 34.6. The molecule has 7 nitrogen and oxygen atoms in total. The number of carbonyl (C=O) groups is 1. The van der Waals surface area contributed by atoms with Crippen LogP contribution in [0, 0.1) is 11.7 Å². The van der Waals surface area contributed by atoms with Gasteiger partial charge in [0.25, 0.3) is 5.56 Å². The zero-order valence-corrected chi connectivity index (χ0v) is 18.3. The molecule has 1 aromatic heterocycles. The standard InChI is InChI=1S/C24H31FN4O3/c25-19-8-6-18(7-9-19)21(27-22(30)14-17-4-2-1-3-5-17)15-20-16-23(31)28-24(26-20)29-10-12-32-13-11-29/h6-9,16-17,21H,1-5,10-15H2,(H,27,30)(H,26,28,31). The lowest BCUT2D eigenvalue weighted by Crippen LogP contribution is -2.38. The Morgan fingerprint density at radius 2 is 1.91 bits per heavy atom. The summed E-state index contributed by atoms with van der Waals surface area (Å²) in [6.45, 7) is 2.49. The van der Waals surface area contributed by atoms with Gasteiger partial charge >= 0.3 is 0 Å². The van der Waals surface area contributed by atoms with Crippen molar-refractivity contribution in [3.8, 4) is 0 Å². The SMILES string of the molecule is O=C(CC1CCCCC1)NC(Cc1cc(=O)[nH]c(N2CCOCC2)n1)c1ccc(F)cc1. The van der Waals surface area contributed by atoms with E-state index in [1.807, 2.05) is 4.90 Å². The fraction of sp³-hybridized carbons (Fsp3) is 0.542. The lowest BCUT2D eigenvalue weighted by molar-refractivity contribution is -0.123. The number of benzene rings is 1. The highest BCUT2D eigenvalue weighted by Crippen LogP contribution is 2.27. The number of halogens is 1. The van der Waals surface area contributed by atoms with Gasteiger partial charge in [-0.05, 0) is 36.5 Å². The van der Waals surface area contributed by atoms with E-state index in [2.05, 4.69) is 15.3 Å². The summed E-state index contributed by atoms with van der Waals surface area (Å²) in [7, 11) is 0. The van der Waals surface area contributed by atoms with Gasteiger partial charge in [0.05, 0.1) is 24.9 Å². The summed E-state index contributed by atoms with van der Waals surface area (Å²) in [6.07, 6.45) is 6.64. The number of H-pyrrole nitrogens is 1. The van der Waals surface area contributed by atoms with Crippen molar-refractivity contribution in [2.24, 2.45) is 5.92 Å². The molecule has 1 saturated heterocycles. The Labute approximate surface area is 187 Å². The summed E-state index contributed by atoms with van der Waals surface area (Å²) in [5.41, 5.74) is 1.14. The maximum Gasteiger partial charge on any atom is 0.252 e. The number of nitrogens with one attached hydrogen (secondary N) is 2. The van der Waals surface area contributed by atoms with Crippen molar-refractivity contribution >= 4 is 11.9 Å². The number of carbonyl (C=O) groups excluding carboxylic acids is 1. The van der Waals surface area contributed by atoms with Crippen LogP contribution in [0.5, 0.6) is 0 Å². The average Bonchev–Trinajstić information content (AvgIpc) is 2.80. The third-order valence-electron chi connectivity index (χ3n) is 6.31. The van der Waals surface area contributed by atoms with Crippen LogP contribution in [0.25, 0.3) is 0 Å². The molecule has 1 saturated carbocycles. The Bertz CT molecular complexity index is 950. The first-order chi connectivity index (χ1) is 15.6. The van der Waals surface area contributed by atoms with E-state index in [1.165, 1.54) is 37.5 Å². The predicted octanol–water partition coefficient (Wildman–Crippen LogP) is 3.12. The lowest BCUT2D eigenvalue weighted by Gasteiger charge is -2.27. The number of nitrogens with zero attached hydrogens (tertiary/aromatic N) is 2. The minimum absolute atomic E-state index is 0.00975. The molecule has 0 radical (unpaired) electrons. The highest BCUT2D eigenvalue weighted by molar-refractivity contribution is 5.76. The molecule has 1 amide bonds. The highest BCUT2D eigenvalue weighted by atomic mass is 19.1. The number of hydrogen-bond donors (Lipinski definition) is 2. The summed E-state index contributed by atoms with van der Waals surface area (Å²) in [5, 5.41) is 3.12. The van der Waals surface area contributed by atoms with E-state index in [0.717, 1.165) is 18.4 Å². The van der Waals surface area contributed by atoms with Crippen molar-refractivity contribution in [3.63, 3.8) is 0 Å². The second-order valence-corrected chi connectivity index (χ2v) is 8.74. The minimum atomic E-state index is -0.390. The van der Waals surface area contributed by atoms with E-state index in [0.29, 0.717) is 56.7 Å². The predicted molar refractivity (Wildman–Crippen MR) is 120 cm³/mol. The van der Waals surface area contributed by atoms with Gasteiger partial charge in [-0.1, -0.05) is 31.4 Å². The number of amides is 1. The second-order valence-electron chi connectivity index (χ2n) is 8.74. The molecule has 2 aliphatic rings. The molecule has 0 spiro atoms. The fourth-order valence-corrected chi connectivity index (χ4v) is 4.59. The number of aromatic nitrogens is 2. The van der Waals surface area contributed by atoms with E-state index in [-0.39, 0.29) is 17.3 Å². The monoisotopic (exact) mass is 442 g/mol. The quantitative estimate of drug-likeness (QED) is 0.688. The third kappa shape index (κ3) is 6.16. The van der Waals surface area contributed by atoms with Crippen LogP contribution < -0.4 is 15.8 Å². The molecule has 1 aliphatic heterocycles. The molecule has 1 aliphatic carbocycles. The molecule has 2 heterocycles. The van der Waals surface area contributed by atoms with Crippen LogP contribution >= 0.6 is 0 Å². The number of hydrogen-bond acceptors (Lipinski definition) is 5. The van der Waals surface area contributed by atoms with Crippen LogP contribution in [0.3, 0.4) is 0 Å². The van der Waals surface area contributed by atoms with Gasteiger partial charge in [-0.15, -0.1) is 0 Å². The molecule has 172 valence electrons. The van der Waals surface area contributed by atoms with Crippen LogP contribution in [0.2, 0.25) is 0 Å². The number of rotatable bonds is 7. The minimum Gasteiger partial charge on any atom is -0.378 e. The van der Waals surface area contributed by atoms with Crippen molar-refractivity contribution in [2.75, 3.05) is 31.2 Å². The largest absolute Gasteiger partial charge is 0.378 e. The second kappa shape index (κ2) is 10.7. The number of ether oxygens (including phenoxy) is 1. The van der Waals surface area contributed by atoms with Crippen molar-refractivity contribution in [3.05, 3.63) is 57.8 Å². The van der Waals surface area contributed by atoms with E-state index in [1.54, 1.807) is 12.1 Å². The van der Waals surface area contributed by atoms with Gasteiger partial charge in [-0.2, -0.15) is 0 Å². The molecular weight excluding hydrogens is 411 g/mol. The lowest BCUT2D eigenvalue weighted by atomic mass is 9.86. The van der Waals surface area contributed by atoms with Gasteiger partial charge in [0.1, 0.15) is 5.82 Å². The molecule has 32 heavy (non-hydrogen) atoms. The maximum absolute atomic E-state index is 13.5. The normalized spacial score (nSPS) is 18.3. The summed E-state index contributed by atoms with van der Waals surface area (Å²) in [6, 6.07) is 7.21. The molecule has 1 atom stereocenters. The average molecular weight is 443 g/mol. The first-order valence-corrected chi connectivity index (χ1v) is 11.5. The van der Waals surface area contributed by atoms with Gasteiger partial charge in [0, 0.05) is 32.0 Å². The first-order valence-electron chi connectivity index (χ1n) is 11.5. The highest BCUT2D eigenvalue weighted by Gasteiger charge is 2.22. The Hall–Kier alpha value is -2.74. The molecule has 2 aromatic rings. The molecule has 0 bridgehead atoms. The van der Waals surface area contributed by atoms with E-state index < -0.39 is 6.04 Å².